The van der Waals surface area contributed by atoms with Gasteiger partial charge >= 0.3 is 0 Å². The van der Waals surface area contributed by atoms with E-state index in [0.717, 1.165) is 13.0 Å². The lowest BCUT2D eigenvalue weighted by Crippen LogP contribution is -2.20. The maximum atomic E-state index is 3.82. The van der Waals surface area contributed by atoms with Crippen molar-refractivity contribution in [1.82, 2.24) is 5.32 Å². The summed E-state index contributed by atoms with van der Waals surface area (Å²) in [6, 6.07) is 8.96. The number of thioether (sulfide) groups is 1. The summed E-state index contributed by atoms with van der Waals surface area (Å²) < 4.78 is 0. The van der Waals surface area contributed by atoms with Gasteiger partial charge in [0, 0.05) is 10.9 Å². The Bertz CT molecular complexity index is 309. The van der Waals surface area contributed by atoms with E-state index in [1.807, 2.05) is 6.08 Å². The van der Waals surface area contributed by atoms with Crippen molar-refractivity contribution in [2.45, 2.75) is 24.3 Å². The Labute approximate surface area is 97.0 Å². The van der Waals surface area contributed by atoms with Crippen LogP contribution < -0.4 is 5.32 Å². The molecule has 1 aromatic rings. The Kier molecular flexibility index (Phi) is 5.51. The van der Waals surface area contributed by atoms with Gasteiger partial charge in [-0.05, 0) is 30.9 Å². The van der Waals surface area contributed by atoms with Crippen molar-refractivity contribution in [3.8, 4) is 0 Å². The van der Waals surface area contributed by atoms with Gasteiger partial charge in [-0.1, -0.05) is 31.2 Å². The lowest BCUT2D eigenvalue weighted by atomic mass is 10.0. The molecule has 2 heteroatoms. The SMILES string of the molecule is C=CCC(NCC)c1ccccc1SC. The summed E-state index contributed by atoms with van der Waals surface area (Å²) in [4.78, 5) is 1.35. The van der Waals surface area contributed by atoms with Crippen LogP contribution in [0.15, 0.2) is 41.8 Å². The first-order valence-electron chi connectivity index (χ1n) is 5.30. The lowest BCUT2D eigenvalue weighted by molar-refractivity contribution is 0.551. The van der Waals surface area contributed by atoms with Gasteiger partial charge in [0.15, 0.2) is 0 Å². The molecule has 0 aromatic heterocycles. The average Bonchev–Trinajstić information content (AvgIpc) is 2.29. The summed E-state index contributed by atoms with van der Waals surface area (Å²) in [6.45, 7) is 6.94. The van der Waals surface area contributed by atoms with E-state index in [1.165, 1.54) is 10.5 Å². The van der Waals surface area contributed by atoms with Crippen LogP contribution in [0.2, 0.25) is 0 Å². The number of nitrogens with one attached hydrogen (secondary N) is 1. The topological polar surface area (TPSA) is 12.0 Å². The Hall–Kier alpha value is -0.730. The molecular weight excluding hydrogens is 202 g/mol. The summed E-state index contributed by atoms with van der Waals surface area (Å²) in [5.74, 6) is 0. The molecule has 0 amide bonds. The minimum Gasteiger partial charge on any atom is -0.310 e. The van der Waals surface area contributed by atoms with Crippen LogP contribution in [0.3, 0.4) is 0 Å². The third kappa shape index (κ3) is 3.40. The second-order valence-corrected chi connectivity index (χ2v) is 4.22. The molecule has 0 aliphatic carbocycles. The highest BCUT2D eigenvalue weighted by atomic mass is 32.2. The summed E-state index contributed by atoms with van der Waals surface area (Å²) in [7, 11) is 0. The molecule has 0 aliphatic heterocycles. The molecular formula is C13H19NS. The van der Waals surface area contributed by atoms with Gasteiger partial charge in [-0.3, -0.25) is 0 Å². The van der Waals surface area contributed by atoms with Crippen molar-refractivity contribution in [2.75, 3.05) is 12.8 Å². The quantitative estimate of drug-likeness (QED) is 0.581. The summed E-state index contributed by atoms with van der Waals surface area (Å²) in [5, 5.41) is 3.49. The van der Waals surface area contributed by atoms with Crippen LogP contribution in [0, 0.1) is 0 Å². The summed E-state index contributed by atoms with van der Waals surface area (Å²) in [6.07, 6.45) is 5.07. The molecule has 0 aliphatic rings. The average molecular weight is 221 g/mol. The first-order chi connectivity index (χ1) is 7.33. The van der Waals surface area contributed by atoms with E-state index in [4.69, 9.17) is 0 Å². The number of hydrogen-bond acceptors (Lipinski definition) is 2. The van der Waals surface area contributed by atoms with Crippen molar-refractivity contribution in [3.63, 3.8) is 0 Å². The second kappa shape index (κ2) is 6.70. The van der Waals surface area contributed by atoms with E-state index >= 15 is 0 Å². The van der Waals surface area contributed by atoms with Gasteiger partial charge in [0.25, 0.3) is 0 Å². The fraction of sp³-hybridized carbons (Fsp3) is 0.385. The monoisotopic (exact) mass is 221 g/mol. The molecule has 0 saturated carbocycles. The maximum Gasteiger partial charge on any atom is 0.0365 e. The van der Waals surface area contributed by atoms with Gasteiger partial charge in [0.05, 0.1) is 0 Å². The van der Waals surface area contributed by atoms with Crippen LogP contribution in [-0.2, 0) is 0 Å². The van der Waals surface area contributed by atoms with E-state index < -0.39 is 0 Å². The highest BCUT2D eigenvalue weighted by Gasteiger charge is 2.11. The standard InChI is InChI=1S/C13H19NS/c1-4-8-12(14-5-2)11-9-6-7-10-13(11)15-3/h4,6-7,9-10,12,14H,1,5,8H2,2-3H3. The minimum absolute atomic E-state index is 0.399. The maximum absolute atomic E-state index is 3.82. The Morgan fingerprint density at radius 1 is 1.47 bits per heavy atom. The van der Waals surface area contributed by atoms with Crippen molar-refractivity contribution >= 4 is 11.8 Å². The lowest BCUT2D eigenvalue weighted by Gasteiger charge is -2.19. The zero-order valence-electron chi connectivity index (χ0n) is 9.49. The molecule has 0 radical (unpaired) electrons. The fourth-order valence-corrected chi connectivity index (χ4v) is 2.35. The van der Waals surface area contributed by atoms with Gasteiger partial charge in [0.2, 0.25) is 0 Å². The molecule has 0 fully saturated rings. The van der Waals surface area contributed by atoms with E-state index in [-0.39, 0.29) is 0 Å². The Balaban J connectivity index is 2.92. The molecule has 0 saturated heterocycles. The molecule has 82 valence electrons. The molecule has 1 N–H and O–H groups in total. The van der Waals surface area contributed by atoms with Crippen LogP contribution in [0.1, 0.15) is 24.9 Å². The van der Waals surface area contributed by atoms with Gasteiger partial charge < -0.3 is 5.32 Å². The molecule has 1 atom stereocenters. The largest absolute Gasteiger partial charge is 0.310 e. The zero-order chi connectivity index (χ0) is 11.1. The number of rotatable bonds is 6. The Morgan fingerprint density at radius 3 is 2.80 bits per heavy atom. The van der Waals surface area contributed by atoms with Crippen molar-refractivity contribution in [1.29, 1.82) is 0 Å². The van der Waals surface area contributed by atoms with E-state index in [1.54, 1.807) is 11.8 Å². The summed E-state index contributed by atoms with van der Waals surface area (Å²) in [5.41, 5.74) is 1.38. The van der Waals surface area contributed by atoms with Crippen LogP contribution in [0.5, 0.6) is 0 Å². The first-order valence-corrected chi connectivity index (χ1v) is 6.53. The molecule has 0 heterocycles. The fourth-order valence-electron chi connectivity index (χ4n) is 1.69. The second-order valence-electron chi connectivity index (χ2n) is 3.38. The zero-order valence-corrected chi connectivity index (χ0v) is 10.3. The number of hydrogen-bond donors (Lipinski definition) is 1. The van der Waals surface area contributed by atoms with E-state index in [2.05, 4.69) is 49.3 Å². The van der Waals surface area contributed by atoms with Crippen LogP contribution in [0.4, 0.5) is 0 Å². The molecule has 1 unspecified atom stereocenters. The highest BCUT2D eigenvalue weighted by Crippen LogP contribution is 2.27. The predicted molar refractivity (Wildman–Crippen MR) is 69.5 cm³/mol. The summed E-state index contributed by atoms with van der Waals surface area (Å²) >= 11 is 1.80. The molecule has 1 rings (SSSR count). The van der Waals surface area contributed by atoms with Gasteiger partial charge in [-0.25, -0.2) is 0 Å². The van der Waals surface area contributed by atoms with Crippen LogP contribution >= 0.6 is 11.8 Å². The van der Waals surface area contributed by atoms with E-state index in [9.17, 15) is 0 Å². The predicted octanol–water partition coefficient (Wildman–Crippen LogP) is 3.64. The van der Waals surface area contributed by atoms with Crippen molar-refractivity contribution in [2.24, 2.45) is 0 Å². The molecule has 0 bridgehead atoms. The first kappa shape index (κ1) is 12.3. The van der Waals surface area contributed by atoms with Crippen LogP contribution in [-0.4, -0.2) is 12.8 Å². The third-order valence-electron chi connectivity index (χ3n) is 2.37. The number of benzene rings is 1. The third-order valence-corrected chi connectivity index (χ3v) is 3.18. The van der Waals surface area contributed by atoms with Crippen LogP contribution in [0.25, 0.3) is 0 Å². The Morgan fingerprint density at radius 2 is 2.20 bits per heavy atom. The van der Waals surface area contributed by atoms with Crippen molar-refractivity contribution in [3.05, 3.63) is 42.5 Å². The van der Waals surface area contributed by atoms with E-state index in [0.29, 0.717) is 6.04 Å². The molecule has 0 spiro atoms. The van der Waals surface area contributed by atoms with Gasteiger partial charge in [-0.15, -0.1) is 18.3 Å². The smallest absolute Gasteiger partial charge is 0.0365 e. The molecule has 1 aromatic carbocycles. The van der Waals surface area contributed by atoms with Crippen molar-refractivity contribution < 1.29 is 0 Å². The van der Waals surface area contributed by atoms with Gasteiger partial charge in [0.1, 0.15) is 0 Å². The van der Waals surface area contributed by atoms with Gasteiger partial charge in [-0.2, -0.15) is 0 Å². The highest BCUT2D eigenvalue weighted by molar-refractivity contribution is 7.98. The minimum atomic E-state index is 0.399. The normalized spacial score (nSPS) is 12.4. The molecule has 15 heavy (non-hydrogen) atoms. The molecule has 1 nitrogen and oxygen atoms in total.